The van der Waals surface area contributed by atoms with E-state index in [1.807, 2.05) is 18.2 Å². The van der Waals surface area contributed by atoms with Crippen LogP contribution in [0.4, 0.5) is 0 Å². The van der Waals surface area contributed by atoms with E-state index in [2.05, 4.69) is 35.3 Å². The lowest BCUT2D eigenvalue weighted by molar-refractivity contribution is -0.00125. The Morgan fingerprint density at radius 2 is 1.70 bits per heavy atom. The van der Waals surface area contributed by atoms with Crippen LogP contribution in [0, 0.1) is 0 Å². The zero-order chi connectivity index (χ0) is 13.8. The Labute approximate surface area is 120 Å². The van der Waals surface area contributed by atoms with Crippen molar-refractivity contribution in [3.63, 3.8) is 0 Å². The lowest BCUT2D eigenvalue weighted by atomic mass is 9.74. The molecule has 1 aromatic heterocycles. The van der Waals surface area contributed by atoms with E-state index in [0.29, 0.717) is 12.3 Å². The van der Waals surface area contributed by atoms with Gasteiger partial charge in [-0.05, 0) is 49.3 Å². The maximum Gasteiger partial charge on any atom is 0.0703 e. The lowest BCUT2D eigenvalue weighted by Gasteiger charge is -2.36. The zero-order valence-electron chi connectivity index (χ0n) is 11.7. The molecule has 0 atom stereocenters. The molecule has 0 amide bonds. The number of hydrogen-bond acceptors (Lipinski definition) is 2. The average Bonchev–Trinajstić information content (AvgIpc) is 2.50. The fourth-order valence-corrected chi connectivity index (χ4v) is 3.23. The van der Waals surface area contributed by atoms with Crippen molar-refractivity contribution in [3.8, 4) is 0 Å². The molecule has 1 fully saturated rings. The summed E-state index contributed by atoms with van der Waals surface area (Å²) in [6.45, 7) is 0. The van der Waals surface area contributed by atoms with Crippen molar-refractivity contribution in [2.75, 3.05) is 0 Å². The fraction of sp³-hybridized carbons (Fsp3) is 0.389. The Kier molecular flexibility index (Phi) is 3.83. The van der Waals surface area contributed by atoms with Gasteiger partial charge in [-0.2, -0.15) is 0 Å². The van der Waals surface area contributed by atoms with Crippen LogP contribution in [0.15, 0.2) is 54.7 Å². The Hall–Kier alpha value is -1.67. The van der Waals surface area contributed by atoms with Gasteiger partial charge in [-0.1, -0.05) is 36.4 Å². The predicted molar refractivity (Wildman–Crippen MR) is 80.5 cm³/mol. The van der Waals surface area contributed by atoms with Gasteiger partial charge in [-0.25, -0.2) is 0 Å². The number of pyridine rings is 1. The predicted octanol–water partition coefficient (Wildman–Crippen LogP) is 3.71. The normalized spacial score (nSPS) is 26.4. The van der Waals surface area contributed by atoms with Crippen molar-refractivity contribution in [1.82, 2.24) is 4.98 Å². The molecule has 1 aliphatic rings. The molecule has 0 unspecified atom stereocenters. The number of hydrogen-bond donors (Lipinski definition) is 1. The van der Waals surface area contributed by atoms with E-state index in [0.717, 1.165) is 31.4 Å². The zero-order valence-corrected chi connectivity index (χ0v) is 11.7. The highest BCUT2D eigenvalue weighted by Crippen LogP contribution is 2.39. The molecule has 0 saturated heterocycles. The molecular formula is C18H21NO. The molecule has 1 heterocycles. The molecule has 2 heteroatoms. The molecule has 1 saturated carbocycles. The summed E-state index contributed by atoms with van der Waals surface area (Å²) in [5, 5.41) is 10.7. The summed E-state index contributed by atoms with van der Waals surface area (Å²) in [5.41, 5.74) is 1.83. The van der Waals surface area contributed by atoms with E-state index in [4.69, 9.17) is 0 Å². The van der Waals surface area contributed by atoms with E-state index in [9.17, 15) is 5.11 Å². The number of nitrogens with zero attached hydrogens (tertiary/aromatic N) is 1. The van der Waals surface area contributed by atoms with Gasteiger partial charge in [-0.3, -0.25) is 4.98 Å². The monoisotopic (exact) mass is 267 g/mol. The van der Waals surface area contributed by atoms with Crippen molar-refractivity contribution in [1.29, 1.82) is 0 Å². The highest BCUT2D eigenvalue weighted by Gasteiger charge is 2.34. The summed E-state index contributed by atoms with van der Waals surface area (Å²) in [6.07, 6.45) is 6.33. The molecule has 20 heavy (non-hydrogen) atoms. The molecule has 1 aromatic carbocycles. The van der Waals surface area contributed by atoms with Gasteiger partial charge in [0.25, 0.3) is 0 Å². The third-order valence-corrected chi connectivity index (χ3v) is 4.42. The molecule has 0 spiro atoms. The molecule has 0 aliphatic heterocycles. The van der Waals surface area contributed by atoms with Crippen molar-refractivity contribution >= 4 is 0 Å². The molecule has 2 nitrogen and oxygen atoms in total. The minimum Gasteiger partial charge on any atom is -0.389 e. The van der Waals surface area contributed by atoms with Gasteiger partial charge in [0.15, 0.2) is 0 Å². The minimum absolute atomic E-state index is 0.570. The summed E-state index contributed by atoms with van der Waals surface area (Å²) < 4.78 is 0. The van der Waals surface area contributed by atoms with Crippen LogP contribution in [0.1, 0.15) is 42.9 Å². The van der Waals surface area contributed by atoms with Crippen LogP contribution in [0.2, 0.25) is 0 Å². The van der Waals surface area contributed by atoms with Crippen molar-refractivity contribution in [2.45, 2.75) is 43.6 Å². The first-order chi connectivity index (χ1) is 9.75. The SMILES string of the molecule is OC1(Cc2ccccn2)CCC(c2ccccc2)CC1. The molecule has 0 radical (unpaired) electrons. The average molecular weight is 267 g/mol. The first kappa shape index (κ1) is 13.3. The summed E-state index contributed by atoms with van der Waals surface area (Å²) in [5.74, 6) is 0.597. The second kappa shape index (κ2) is 5.76. The summed E-state index contributed by atoms with van der Waals surface area (Å²) in [7, 11) is 0. The molecular weight excluding hydrogens is 246 g/mol. The Bertz CT molecular complexity index is 530. The quantitative estimate of drug-likeness (QED) is 0.919. The van der Waals surface area contributed by atoms with Crippen LogP contribution < -0.4 is 0 Å². The molecule has 1 N–H and O–H groups in total. The maximum atomic E-state index is 10.7. The number of rotatable bonds is 3. The van der Waals surface area contributed by atoms with Crippen molar-refractivity contribution in [2.24, 2.45) is 0 Å². The summed E-state index contributed by atoms with van der Waals surface area (Å²) >= 11 is 0. The standard InChI is InChI=1S/C18H21NO/c20-18(14-17-8-4-5-13-19-17)11-9-16(10-12-18)15-6-2-1-3-7-15/h1-8,13,16,20H,9-12,14H2. The van der Waals surface area contributed by atoms with Gasteiger partial charge in [-0.15, -0.1) is 0 Å². The first-order valence-corrected chi connectivity index (χ1v) is 7.42. The molecule has 0 bridgehead atoms. The number of benzene rings is 1. The van der Waals surface area contributed by atoms with E-state index in [1.165, 1.54) is 5.56 Å². The van der Waals surface area contributed by atoms with Crippen LogP contribution in [0.3, 0.4) is 0 Å². The molecule has 2 aromatic rings. The van der Waals surface area contributed by atoms with Crippen LogP contribution in [0.25, 0.3) is 0 Å². The largest absolute Gasteiger partial charge is 0.389 e. The van der Waals surface area contributed by atoms with Gasteiger partial charge in [0.05, 0.1) is 5.60 Å². The topological polar surface area (TPSA) is 33.1 Å². The Morgan fingerprint density at radius 1 is 1.00 bits per heavy atom. The first-order valence-electron chi connectivity index (χ1n) is 7.42. The molecule has 104 valence electrons. The Morgan fingerprint density at radius 3 is 2.35 bits per heavy atom. The van der Waals surface area contributed by atoms with E-state index >= 15 is 0 Å². The second-order valence-corrected chi connectivity index (χ2v) is 5.91. The van der Waals surface area contributed by atoms with Gasteiger partial charge >= 0.3 is 0 Å². The van der Waals surface area contributed by atoms with Crippen LogP contribution in [-0.2, 0) is 6.42 Å². The van der Waals surface area contributed by atoms with Gasteiger partial charge in [0.2, 0.25) is 0 Å². The fourth-order valence-electron chi connectivity index (χ4n) is 3.23. The summed E-state index contributed by atoms with van der Waals surface area (Å²) in [6, 6.07) is 16.6. The Balaban J connectivity index is 1.63. The van der Waals surface area contributed by atoms with Crippen molar-refractivity contribution < 1.29 is 5.11 Å². The number of aromatic nitrogens is 1. The third-order valence-electron chi connectivity index (χ3n) is 4.42. The smallest absolute Gasteiger partial charge is 0.0703 e. The van der Waals surface area contributed by atoms with Gasteiger partial charge < -0.3 is 5.11 Å². The highest BCUT2D eigenvalue weighted by molar-refractivity contribution is 5.20. The second-order valence-electron chi connectivity index (χ2n) is 5.91. The maximum absolute atomic E-state index is 10.7. The van der Waals surface area contributed by atoms with E-state index < -0.39 is 5.60 Å². The van der Waals surface area contributed by atoms with Gasteiger partial charge in [0.1, 0.15) is 0 Å². The minimum atomic E-state index is -0.570. The third kappa shape index (κ3) is 3.07. The van der Waals surface area contributed by atoms with E-state index in [1.54, 1.807) is 6.20 Å². The van der Waals surface area contributed by atoms with Crippen LogP contribution in [-0.4, -0.2) is 15.7 Å². The van der Waals surface area contributed by atoms with Crippen molar-refractivity contribution in [3.05, 3.63) is 66.0 Å². The summed E-state index contributed by atoms with van der Waals surface area (Å²) in [4.78, 5) is 4.34. The number of aliphatic hydroxyl groups is 1. The lowest BCUT2D eigenvalue weighted by Crippen LogP contribution is -2.36. The van der Waals surface area contributed by atoms with E-state index in [-0.39, 0.29) is 0 Å². The van der Waals surface area contributed by atoms with Crippen LogP contribution in [0.5, 0.6) is 0 Å². The van der Waals surface area contributed by atoms with Gasteiger partial charge in [0, 0.05) is 18.3 Å². The highest BCUT2D eigenvalue weighted by atomic mass is 16.3. The van der Waals surface area contributed by atoms with Crippen LogP contribution >= 0.6 is 0 Å². The molecule has 3 rings (SSSR count). The molecule has 1 aliphatic carbocycles.